The van der Waals surface area contributed by atoms with E-state index in [9.17, 15) is 4.79 Å². The van der Waals surface area contributed by atoms with E-state index in [0.717, 1.165) is 18.6 Å². The summed E-state index contributed by atoms with van der Waals surface area (Å²) >= 11 is 1.60. The summed E-state index contributed by atoms with van der Waals surface area (Å²) in [4.78, 5) is 10.9. The van der Waals surface area contributed by atoms with Gasteiger partial charge in [-0.05, 0) is 17.6 Å². The number of hydrogen-bond donors (Lipinski definition) is 1. The third-order valence-corrected chi connectivity index (χ3v) is 4.28. The molecular formula is C11H22O2S. The van der Waals surface area contributed by atoms with Crippen molar-refractivity contribution in [3.63, 3.8) is 0 Å². The van der Waals surface area contributed by atoms with Crippen molar-refractivity contribution in [2.75, 3.05) is 5.75 Å². The fourth-order valence-electron chi connectivity index (χ4n) is 1.31. The predicted molar refractivity (Wildman–Crippen MR) is 62.8 cm³/mol. The Kier molecular flexibility index (Phi) is 7.06. The van der Waals surface area contributed by atoms with Crippen molar-refractivity contribution in [1.29, 1.82) is 0 Å². The van der Waals surface area contributed by atoms with Crippen LogP contribution in [0.1, 0.15) is 40.5 Å². The molecule has 84 valence electrons. The van der Waals surface area contributed by atoms with E-state index in [2.05, 4.69) is 13.8 Å². The third kappa shape index (κ3) is 4.89. The fraction of sp³-hybridized carbons (Fsp3) is 0.909. The van der Waals surface area contributed by atoms with Gasteiger partial charge in [0.05, 0.1) is 0 Å². The van der Waals surface area contributed by atoms with Crippen LogP contribution in [-0.4, -0.2) is 22.1 Å². The lowest BCUT2D eigenvalue weighted by molar-refractivity contribution is -0.137. The van der Waals surface area contributed by atoms with Gasteiger partial charge in [-0.15, -0.1) is 11.8 Å². The second-order valence-corrected chi connectivity index (χ2v) is 5.19. The minimum absolute atomic E-state index is 0.215. The van der Waals surface area contributed by atoms with Crippen molar-refractivity contribution in [1.82, 2.24) is 0 Å². The quantitative estimate of drug-likeness (QED) is 0.712. The van der Waals surface area contributed by atoms with Crippen molar-refractivity contribution in [2.45, 2.75) is 45.8 Å². The van der Waals surface area contributed by atoms with Gasteiger partial charge in [0.25, 0.3) is 0 Å². The molecule has 1 atom stereocenters. The van der Waals surface area contributed by atoms with Crippen LogP contribution in [0.15, 0.2) is 0 Å². The summed E-state index contributed by atoms with van der Waals surface area (Å²) in [7, 11) is 0. The Hall–Kier alpha value is -0.180. The molecule has 0 radical (unpaired) electrons. The largest absolute Gasteiger partial charge is 0.480 e. The maximum Gasteiger partial charge on any atom is 0.316 e. The molecule has 0 aliphatic rings. The van der Waals surface area contributed by atoms with E-state index >= 15 is 0 Å². The van der Waals surface area contributed by atoms with Gasteiger partial charge in [0.1, 0.15) is 5.25 Å². The van der Waals surface area contributed by atoms with E-state index in [1.807, 2.05) is 13.8 Å². The number of rotatable bonds is 7. The van der Waals surface area contributed by atoms with Gasteiger partial charge < -0.3 is 5.11 Å². The van der Waals surface area contributed by atoms with Crippen LogP contribution in [0.2, 0.25) is 0 Å². The first-order valence-electron chi connectivity index (χ1n) is 5.37. The molecule has 0 amide bonds. The molecule has 0 aromatic heterocycles. The van der Waals surface area contributed by atoms with Crippen molar-refractivity contribution in [3.05, 3.63) is 0 Å². The summed E-state index contributed by atoms with van der Waals surface area (Å²) in [6, 6.07) is 0. The van der Waals surface area contributed by atoms with Gasteiger partial charge in [0, 0.05) is 0 Å². The Balaban J connectivity index is 3.99. The van der Waals surface area contributed by atoms with Gasteiger partial charge in [0.2, 0.25) is 0 Å². The lowest BCUT2D eigenvalue weighted by atomic mass is 10.1. The minimum atomic E-state index is -0.670. The molecule has 0 aromatic rings. The topological polar surface area (TPSA) is 37.3 Å². The Morgan fingerprint density at radius 3 is 2.07 bits per heavy atom. The first kappa shape index (κ1) is 13.8. The summed E-state index contributed by atoms with van der Waals surface area (Å²) < 4.78 is 0. The van der Waals surface area contributed by atoms with E-state index < -0.39 is 5.97 Å². The maximum atomic E-state index is 10.9. The fourth-order valence-corrected chi connectivity index (χ4v) is 2.79. The molecule has 0 saturated carbocycles. The number of thioether (sulfide) groups is 1. The summed E-state index contributed by atoms with van der Waals surface area (Å²) in [5.74, 6) is 1.19. The SMILES string of the molecule is CCC(CC)CSC(C(=O)O)C(C)C. The van der Waals surface area contributed by atoms with Crippen molar-refractivity contribution < 1.29 is 9.90 Å². The van der Waals surface area contributed by atoms with Crippen LogP contribution in [0.5, 0.6) is 0 Å². The van der Waals surface area contributed by atoms with Gasteiger partial charge in [-0.25, -0.2) is 0 Å². The lowest BCUT2D eigenvalue weighted by Crippen LogP contribution is -2.24. The highest BCUT2D eigenvalue weighted by Crippen LogP contribution is 2.24. The van der Waals surface area contributed by atoms with E-state index in [1.165, 1.54) is 0 Å². The molecule has 0 aliphatic heterocycles. The normalized spacial score (nSPS) is 13.6. The maximum absolute atomic E-state index is 10.9. The standard InChI is InChI=1S/C11H22O2S/c1-5-9(6-2)7-14-10(8(3)4)11(12)13/h8-10H,5-7H2,1-4H3,(H,12,13). The van der Waals surface area contributed by atoms with Gasteiger partial charge in [-0.2, -0.15) is 0 Å². The molecule has 3 heteroatoms. The Morgan fingerprint density at radius 1 is 1.29 bits per heavy atom. The Labute approximate surface area is 91.5 Å². The second kappa shape index (κ2) is 7.16. The van der Waals surface area contributed by atoms with Gasteiger partial charge in [-0.3, -0.25) is 4.79 Å². The van der Waals surface area contributed by atoms with E-state index in [4.69, 9.17) is 5.11 Å². The molecule has 1 N–H and O–H groups in total. The zero-order chi connectivity index (χ0) is 11.1. The van der Waals surface area contributed by atoms with Crippen LogP contribution in [0.25, 0.3) is 0 Å². The minimum Gasteiger partial charge on any atom is -0.480 e. The molecular weight excluding hydrogens is 196 g/mol. The molecule has 0 heterocycles. The molecule has 14 heavy (non-hydrogen) atoms. The lowest BCUT2D eigenvalue weighted by Gasteiger charge is -2.18. The number of carbonyl (C=O) groups is 1. The molecule has 0 saturated heterocycles. The molecule has 2 nitrogen and oxygen atoms in total. The zero-order valence-corrected chi connectivity index (χ0v) is 10.4. The molecule has 0 bridgehead atoms. The van der Waals surface area contributed by atoms with Crippen LogP contribution in [0.3, 0.4) is 0 Å². The van der Waals surface area contributed by atoms with Crippen LogP contribution >= 0.6 is 11.8 Å². The summed E-state index contributed by atoms with van der Waals surface area (Å²) in [5, 5.41) is 8.74. The average Bonchev–Trinajstić information content (AvgIpc) is 2.11. The average molecular weight is 218 g/mol. The summed E-state index contributed by atoms with van der Waals surface area (Å²) in [6.07, 6.45) is 2.29. The smallest absolute Gasteiger partial charge is 0.316 e. The molecule has 0 aliphatic carbocycles. The zero-order valence-electron chi connectivity index (χ0n) is 9.62. The van der Waals surface area contributed by atoms with Gasteiger partial charge in [0.15, 0.2) is 0 Å². The summed E-state index contributed by atoms with van der Waals surface area (Å²) in [6.45, 7) is 8.27. The van der Waals surface area contributed by atoms with Gasteiger partial charge in [-0.1, -0.05) is 40.5 Å². The number of carboxylic acids is 1. The van der Waals surface area contributed by atoms with E-state index in [0.29, 0.717) is 5.92 Å². The van der Waals surface area contributed by atoms with Gasteiger partial charge >= 0.3 is 5.97 Å². The molecule has 0 rings (SSSR count). The first-order valence-corrected chi connectivity index (χ1v) is 6.42. The van der Waals surface area contributed by atoms with Crippen LogP contribution in [-0.2, 0) is 4.79 Å². The van der Waals surface area contributed by atoms with Crippen molar-refractivity contribution in [3.8, 4) is 0 Å². The van der Waals surface area contributed by atoms with Crippen LogP contribution in [0, 0.1) is 11.8 Å². The van der Waals surface area contributed by atoms with Crippen LogP contribution < -0.4 is 0 Å². The molecule has 1 unspecified atom stereocenters. The predicted octanol–water partition coefficient (Wildman–Crippen LogP) is 3.27. The monoisotopic (exact) mass is 218 g/mol. The highest BCUT2D eigenvalue weighted by atomic mass is 32.2. The number of carboxylic acid groups (broad SMARTS) is 1. The van der Waals surface area contributed by atoms with E-state index in [1.54, 1.807) is 11.8 Å². The van der Waals surface area contributed by atoms with E-state index in [-0.39, 0.29) is 11.2 Å². The molecule has 0 fully saturated rings. The van der Waals surface area contributed by atoms with Crippen molar-refractivity contribution in [2.24, 2.45) is 11.8 Å². The molecule has 0 aromatic carbocycles. The Morgan fingerprint density at radius 2 is 1.79 bits per heavy atom. The first-order chi connectivity index (χ1) is 6.52. The second-order valence-electron chi connectivity index (χ2n) is 4.02. The number of aliphatic carboxylic acids is 1. The number of hydrogen-bond acceptors (Lipinski definition) is 2. The summed E-state index contributed by atoms with van der Waals surface area (Å²) in [5.41, 5.74) is 0. The Bertz CT molecular complexity index is 165. The van der Waals surface area contributed by atoms with Crippen LogP contribution in [0.4, 0.5) is 0 Å². The third-order valence-electron chi connectivity index (χ3n) is 2.52. The molecule has 0 spiro atoms. The highest BCUT2D eigenvalue weighted by Gasteiger charge is 2.22. The highest BCUT2D eigenvalue weighted by molar-refractivity contribution is 8.00. The van der Waals surface area contributed by atoms with Crippen molar-refractivity contribution >= 4 is 17.7 Å².